The summed E-state index contributed by atoms with van der Waals surface area (Å²) in [5.41, 5.74) is 6.33. The normalized spacial score (nSPS) is 18.0. The summed E-state index contributed by atoms with van der Waals surface area (Å²) >= 11 is 3.47. The van der Waals surface area contributed by atoms with Crippen LogP contribution < -0.4 is 20.9 Å². The van der Waals surface area contributed by atoms with Gasteiger partial charge in [0.1, 0.15) is 34.4 Å². The summed E-state index contributed by atoms with van der Waals surface area (Å²) in [6.45, 7) is 27.2. The molecule has 18 nitrogen and oxygen atoms in total. The topological polar surface area (TPSA) is 202 Å². The Labute approximate surface area is 572 Å². The molecule has 4 saturated heterocycles. The van der Waals surface area contributed by atoms with Gasteiger partial charge in [-0.05, 0) is 205 Å². The lowest BCUT2D eigenvalue weighted by atomic mass is 9.93. The zero-order valence-corrected chi connectivity index (χ0v) is 59.9. The van der Waals surface area contributed by atoms with Gasteiger partial charge in [-0.1, -0.05) is 91.1 Å². The van der Waals surface area contributed by atoms with Crippen molar-refractivity contribution in [3.8, 4) is 0 Å². The second-order valence-corrected chi connectivity index (χ2v) is 29.5. The molecule has 4 amide bonds. The molecule has 4 aromatic carbocycles. The summed E-state index contributed by atoms with van der Waals surface area (Å²) in [6, 6.07) is 32.2. The fraction of sp³-hybridized carbons (Fsp3) is 0.579. The van der Waals surface area contributed by atoms with Crippen LogP contribution in [0.1, 0.15) is 194 Å². The molecule has 4 atom stereocenters. The van der Waals surface area contributed by atoms with Crippen molar-refractivity contribution in [2.24, 2.45) is 11.8 Å². The van der Waals surface area contributed by atoms with Crippen molar-refractivity contribution in [2.75, 3.05) is 57.3 Å². The average Bonchev–Trinajstić information content (AvgIpc) is 1.66. The third-order valence-corrected chi connectivity index (χ3v) is 19.1. The lowest BCUT2D eigenvalue weighted by Gasteiger charge is -2.34. The third kappa shape index (κ3) is 22.5. The van der Waals surface area contributed by atoms with Gasteiger partial charge in [0, 0.05) is 111 Å². The Morgan fingerprint density at radius 2 is 0.968 bits per heavy atom. The van der Waals surface area contributed by atoms with Crippen molar-refractivity contribution in [2.45, 2.75) is 220 Å². The number of aryl methyl sites for hydroxylation is 2. The lowest BCUT2D eigenvalue weighted by molar-refractivity contribution is -0.133. The van der Waals surface area contributed by atoms with E-state index in [1.54, 1.807) is 13.8 Å². The van der Waals surface area contributed by atoms with Gasteiger partial charge in [-0.3, -0.25) is 19.2 Å². The van der Waals surface area contributed by atoms with Crippen LogP contribution in [0.15, 0.2) is 102 Å². The molecule has 4 aliphatic rings. The van der Waals surface area contributed by atoms with E-state index < -0.39 is 29.4 Å². The van der Waals surface area contributed by atoms with Crippen molar-refractivity contribution in [1.29, 1.82) is 0 Å². The number of nitrogens with zero attached hydrogens (tertiary/aromatic N) is 7. The van der Waals surface area contributed by atoms with Gasteiger partial charge in [-0.25, -0.2) is 19.6 Å². The van der Waals surface area contributed by atoms with E-state index in [1.165, 1.54) is 5.52 Å². The van der Waals surface area contributed by atoms with E-state index in [4.69, 9.17) is 19.4 Å². The Hall–Kier alpha value is -7.12. The van der Waals surface area contributed by atoms with Gasteiger partial charge in [0.15, 0.2) is 0 Å². The van der Waals surface area contributed by atoms with Gasteiger partial charge in [-0.2, -0.15) is 0 Å². The summed E-state index contributed by atoms with van der Waals surface area (Å²) in [6.07, 6.45) is 12.6. The van der Waals surface area contributed by atoms with E-state index in [-0.39, 0.29) is 54.2 Å². The van der Waals surface area contributed by atoms with Gasteiger partial charge < -0.3 is 49.3 Å². The maximum atomic E-state index is 13.9. The van der Waals surface area contributed by atoms with Crippen LogP contribution in [0.2, 0.25) is 0 Å². The number of para-hydroxylation sites is 4. The molecule has 0 spiro atoms. The van der Waals surface area contributed by atoms with Crippen molar-refractivity contribution >= 4 is 79.3 Å². The van der Waals surface area contributed by atoms with Crippen molar-refractivity contribution < 1.29 is 38.2 Å². The maximum Gasteiger partial charge on any atom is 0.407 e. The Bertz CT molecular complexity index is 3470. The smallest absolute Gasteiger partial charge is 0.407 e. The number of ether oxygens (including phenoxy) is 2. The van der Waals surface area contributed by atoms with Crippen LogP contribution in [0.4, 0.5) is 15.3 Å². The number of carbonyl (C=O) groups excluding carboxylic acids is 6. The molecule has 6 heterocycles. The summed E-state index contributed by atoms with van der Waals surface area (Å²) in [5.74, 6) is 3.77. The molecule has 0 bridgehead atoms. The largest absolute Gasteiger partial charge is 0.444 e. The van der Waals surface area contributed by atoms with Crippen LogP contribution in [0.25, 0.3) is 22.1 Å². The van der Waals surface area contributed by atoms with Crippen LogP contribution in [0.3, 0.4) is 0 Å². The van der Waals surface area contributed by atoms with E-state index in [9.17, 15) is 28.8 Å². The lowest BCUT2D eigenvalue weighted by Crippen LogP contribution is -2.46. The zero-order valence-electron chi connectivity index (χ0n) is 58.4. The van der Waals surface area contributed by atoms with E-state index in [0.29, 0.717) is 44.2 Å². The number of hydrogen-bond acceptors (Lipinski definition) is 12. The number of hydrogen-bond donors (Lipinski definition) is 3. The first kappa shape index (κ1) is 73.7. The number of anilines is 1. The van der Waals surface area contributed by atoms with Crippen LogP contribution in [-0.2, 0) is 54.6 Å². The molecule has 0 radical (unpaired) electrons. The zero-order chi connectivity index (χ0) is 68.2. The number of benzene rings is 4. The summed E-state index contributed by atoms with van der Waals surface area (Å²) in [7, 11) is 0. The molecule has 0 unspecified atom stereocenters. The Kier molecular flexibility index (Phi) is 27.3. The van der Waals surface area contributed by atoms with Crippen LogP contribution in [0, 0.1) is 11.8 Å². The van der Waals surface area contributed by atoms with E-state index in [2.05, 4.69) is 120 Å². The number of halogens is 1. The number of ketones is 2. The highest BCUT2D eigenvalue weighted by Crippen LogP contribution is 2.33. The van der Waals surface area contributed by atoms with Crippen molar-refractivity contribution in [1.82, 2.24) is 44.9 Å². The molecule has 516 valence electrons. The van der Waals surface area contributed by atoms with Crippen molar-refractivity contribution in [3.63, 3.8) is 0 Å². The number of amides is 4. The molecular weight excluding hydrogens is 1260 g/mol. The minimum atomic E-state index is -0.639. The predicted molar refractivity (Wildman–Crippen MR) is 382 cm³/mol. The SMILES string of the molecule is CC(=O)C1CCNCC1.CCCCn1c([C@@H]2CCCN(C(=O)C[C@@H](Cc3ccc(Br)cc3)NC(=O)OC(C)(C)C)C2)nc2ccccc21.CCCCn1c([C@@H]2CCCN(C(=O)C[C@@H](Cc3ccc(N4CCC(C(C)=O)CC4)cc3)NC(=O)OC(C)(C)C)C2)nc2ccccc21. The van der Waals surface area contributed by atoms with E-state index >= 15 is 0 Å². The van der Waals surface area contributed by atoms with Crippen LogP contribution in [0.5, 0.6) is 0 Å². The molecule has 95 heavy (non-hydrogen) atoms. The molecule has 4 fully saturated rings. The van der Waals surface area contributed by atoms with Crippen molar-refractivity contribution in [3.05, 3.63) is 124 Å². The predicted octanol–water partition coefficient (Wildman–Crippen LogP) is 14.3. The number of piperidine rings is 4. The van der Waals surface area contributed by atoms with Crippen LogP contribution >= 0.6 is 15.9 Å². The first-order valence-electron chi connectivity index (χ1n) is 35.2. The highest BCUT2D eigenvalue weighted by molar-refractivity contribution is 9.10. The quantitative estimate of drug-likeness (QED) is 0.0616. The van der Waals surface area contributed by atoms with E-state index in [0.717, 1.165) is 172 Å². The first-order valence-corrected chi connectivity index (χ1v) is 36.0. The van der Waals surface area contributed by atoms with Gasteiger partial charge in [-0.15, -0.1) is 0 Å². The number of alkyl carbamates (subject to hydrolysis) is 2. The molecule has 3 N–H and O–H groups in total. The Morgan fingerprint density at radius 1 is 0.558 bits per heavy atom. The number of fused-ring (bicyclic) bond motifs is 2. The Balaban J connectivity index is 0.000000217. The second kappa shape index (κ2) is 35.2. The molecule has 19 heteroatoms. The Morgan fingerprint density at radius 3 is 1.37 bits per heavy atom. The number of imidazole rings is 2. The molecule has 2 aromatic heterocycles. The highest BCUT2D eigenvalue weighted by Gasteiger charge is 2.34. The number of rotatable bonds is 21. The molecular formula is C76H107BrN10O8. The minimum Gasteiger partial charge on any atom is -0.444 e. The van der Waals surface area contributed by atoms with Gasteiger partial charge in [0.05, 0.1) is 22.1 Å². The van der Waals surface area contributed by atoms with Crippen LogP contribution in [-0.4, -0.2) is 140 Å². The van der Waals surface area contributed by atoms with Gasteiger partial charge in [0.25, 0.3) is 0 Å². The maximum absolute atomic E-state index is 13.9. The number of carbonyl (C=O) groups is 6. The highest BCUT2D eigenvalue weighted by atomic mass is 79.9. The molecule has 0 saturated carbocycles. The molecule has 6 aromatic rings. The standard InChI is InChI=1S/C38H53N5O4.C31H41BrN4O3.C7H13NO/c1-6-7-21-43-34-13-9-8-12-33(34)40-36(43)30-11-10-20-42(26-30)35(45)25-31(39-37(46)47-38(3,4)5)24-28-14-16-32(17-15-28)41-22-18-29(19-23-41)27(2)44;1-5-6-18-36-27-12-8-7-11-26(27)34-29(36)23-10-9-17-35(21-23)28(37)20-25(33-30(38)39-31(2,3)4)19-22-13-15-24(32)16-14-22;1-6(9)7-2-4-8-5-3-7/h8-9,12-17,29-31H,6-7,10-11,18-26H2,1-5H3,(H,39,46);7-8,11-16,23,25H,5-6,9-10,17-21H2,1-4H3,(H,33,38);7-8H,2-5H2,1H3/t30-,31-;23-,25-;/m11./s1. The summed E-state index contributed by atoms with van der Waals surface area (Å²) in [5, 5.41) is 9.19. The summed E-state index contributed by atoms with van der Waals surface area (Å²) in [4.78, 5) is 92.0. The third-order valence-electron chi connectivity index (χ3n) is 18.6. The molecule has 0 aliphatic carbocycles. The molecule has 4 aliphatic heterocycles. The van der Waals surface area contributed by atoms with E-state index in [1.807, 2.05) is 87.7 Å². The number of aromatic nitrogens is 4. The van der Waals surface area contributed by atoms with Gasteiger partial charge in [0.2, 0.25) is 11.8 Å². The fourth-order valence-corrected chi connectivity index (χ4v) is 13.8. The average molecular weight is 1370 g/mol. The second-order valence-electron chi connectivity index (χ2n) is 28.6. The summed E-state index contributed by atoms with van der Waals surface area (Å²) < 4.78 is 16.8. The first-order chi connectivity index (χ1) is 45.4. The monoisotopic (exact) mass is 1370 g/mol. The van der Waals surface area contributed by atoms with Gasteiger partial charge >= 0.3 is 12.2 Å². The molecule has 10 rings (SSSR count). The minimum absolute atomic E-state index is 0.0388. The number of likely N-dealkylation sites (tertiary alicyclic amines) is 2. The number of nitrogens with one attached hydrogen (secondary N) is 3. The number of unbranched alkanes of at least 4 members (excludes halogenated alkanes) is 2. The fourth-order valence-electron chi connectivity index (χ4n) is 13.5. The number of Topliss-reactive ketones (excluding diaryl/α,β-unsaturated/α-hetero) is 2.